The first kappa shape index (κ1) is 12.2. The molecule has 98 valence electrons. The van der Waals surface area contributed by atoms with Crippen LogP contribution in [0.1, 0.15) is 17.5 Å². The molecule has 1 aliphatic carbocycles. The number of ether oxygens (including phenoxy) is 1. The lowest BCUT2D eigenvalue weighted by molar-refractivity contribution is 0.462. The van der Waals surface area contributed by atoms with Crippen LogP contribution in [-0.2, 0) is 12.8 Å². The highest BCUT2D eigenvalue weighted by atomic mass is 35.5. The minimum atomic E-state index is 0.374. The third-order valence-electron chi connectivity index (χ3n) is 3.22. The molecule has 3 rings (SSSR count). The first-order chi connectivity index (χ1) is 9.26. The summed E-state index contributed by atoms with van der Waals surface area (Å²) in [6.07, 6.45) is 5.03. The summed E-state index contributed by atoms with van der Waals surface area (Å²) < 4.78 is 5.75. The molecule has 0 saturated carbocycles. The number of benzene rings is 1. The summed E-state index contributed by atoms with van der Waals surface area (Å²) in [6.45, 7) is 0. The third kappa shape index (κ3) is 2.49. The van der Waals surface area contributed by atoms with E-state index in [2.05, 4.69) is 27.4 Å². The van der Waals surface area contributed by atoms with Gasteiger partial charge in [0.05, 0.1) is 6.20 Å². The van der Waals surface area contributed by atoms with Crippen molar-refractivity contribution in [1.29, 1.82) is 0 Å². The summed E-state index contributed by atoms with van der Waals surface area (Å²) in [5, 5.41) is 3.26. The number of aromatic nitrogens is 2. The van der Waals surface area contributed by atoms with E-state index in [1.165, 1.54) is 23.7 Å². The smallest absolute Gasteiger partial charge is 0.243 e. The van der Waals surface area contributed by atoms with Gasteiger partial charge in [0.2, 0.25) is 11.8 Å². The Morgan fingerprint density at radius 1 is 1.26 bits per heavy atom. The Labute approximate surface area is 116 Å². The minimum absolute atomic E-state index is 0.374. The number of hydrogen-bond acceptors (Lipinski definition) is 4. The van der Waals surface area contributed by atoms with Crippen LogP contribution in [0.15, 0.2) is 24.4 Å². The lowest BCUT2D eigenvalue weighted by Crippen LogP contribution is -1.98. The van der Waals surface area contributed by atoms with Crippen LogP contribution in [0, 0.1) is 0 Å². The predicted molar refractivity (Wildman–Crippen MR) is 75.1 cm³/mol. The van der Waals surface area contributed by atoms with E-state index in [4.69, 9.17) is 16.3 Å². The van der Waals surface area contributed by atoms with E-state index in [0.717, 1.165) is 18.6 Å². The molecular formula is C14H14ClN3O. The quantitative estimate of drug-likeness (QED) is 0.932. The monoisotopic (exact) mass is 275 g/mol. The predicted octanol–water partition coefficient (Wildman–Crippen LogP) is 3.45. The van der Waals surface area contributed by atoms with Crippen LogP contribution >= 0.6 is 11.6 Å². The van der Waals surface area contributed by atoms with E-state index in [1.807, 2.05) is 6.07 Å². The van der Waals surface area contributed by atoms with Gasteiger partial charge >= 0.3 is 0 Å². The summed E-state index contributed by atoms with van der Waals surface area (Å²) in [6, 6.07) is 6.15. The number of anilines is 1. The molecule has 5 heteroatoms. The van der Waals surface area contributed by atoms with Crippen molar-refractivity contribution in [2.24, 2.45) is 0 Å². The highest BCUT2D eigenvalue weighted by molar-refractivity contribution is 6.31. The topological polar surface area (TPSA) is 47.0 Å². The van der Waals surface area contributed by atoms with Gasteiger partial charge in [-0.1, -0.05) is 17.7 Å². The highest BCUT2D eigenvalue weighted by Gasteiger charge is 2.13. The normalized spacial score (nSPS) is 13.2. The van der Waals surface area contributed by atoms with Gasteiger partial charge in [-0.2, -0.15) is 4.98 Å². The fourth-order valence-corrected chi connectivity index (χ4v) is 2.40. The molecule has 4 nitrogen and oxygen atoms in total. The Morgan fingerprint density at radius 3 is 2.95 bits per heavy atom. The molecule has 19 heavy (non-hydrogen) atoms. The first-order valence-electron chi connectivity index (χ1n) is 6.26. The van der Waals surface area contributed by atoms with Crippen LogP contribution in [0.25, 0.3) is 0 Å². The third-order valence-corrected chi connectivity index (χ3v) is 3.48. The fourth-order valence-electron chi connectivity index (χ4n) is 2.27. The largest absolute Gasteiger partial charge is 0.437 e. The molecule has 0 spiro atoms. The zero-order valence-electron chi connectivity index (χ0n) is 10.6. The van der Waals surface area contributed by atoms with Crippen LogP contribution in [0.3, 0.4) is 0 Å². The van der Waals surface area contributed by atoms with E-state index < -0.39 is 0 Å². The molecule has 0 aliphatic heterocycles. The van der Waals surface area contributed by atoms with Gasteiger partial charge in [-0.25, -0.2) is 4.98 Å². The summed E-state index contributed by atoms with van der Waals surface area (Å²) in [5.41, 5.74) is 2.77. The molecule has 1 aromatic carbocycles. The van der Waals surface area contributed by atoms with E-state index in [9.17, 15) is 0 Å². The van der Waals surface area contributed by atoms with Crippen molar-refractivity contribution in [2.75, 3.05) is 12.4 Å². The Hall–Kier alpha value is -1.81. The van der Waals surface area contributed by atoms with Crippen molar-refractivity contribution < 1.29 is 4.74 Å². The lowest BCUT2D eigenvalue weighted by Gasteiger charge is -2.09. The Bertz CT molecular complexity index is 616. The van der Waals surface area contributed by atoms with Crippen molar-refractivity contribution in [3.63, 3.8) is 0 Å². The number of hydrogen-bond donors (Lipinski definition) is 1. The maximum atomic E-state index is 6.04. The molecule has 2 aromatic rings. The molecule has 0 saturated heterocycles. The molecule has 1 heterocycles. The average molecular weight is 276 g/mol. The minimum Gasteiger partial charge on any atom is -0.437 e. The average Bonchev–Trinajstić information content (AvgIpc) is 2.89. The maximum Gasteiger partial charge on any atom is 0.243 e. The highest BCUT2D eigenvalue weighted by Crippen LogP contribution is 2.31. The van der Waals surface area contributed by atoms with Gasteiger partial charge in [0.1, 0.15) is 10.8 Å². The van der Waals surface area contributed by atoms with Gasteiger partial charge in [0.15, 0.2) is 0 Å². The maximum absolute atomic E-state index is 6.04. The van der Waals surface area contributed by atoms with Gasteiger partial charge < -0.3 is 10.1 Å². The molecule has 1 N–H and O–H groups in total. The Kier molecular flexibility index (Phi) is 3.25. The van der Waals surface area contributed by atoms with Crippen LogP contribution in [0.4, 0.5) is 5.95 Å². The number of nitrogens with zero attached hydrogens (tertiary/aromatic N) is 2. The first-order valence-corrected chi connectivity index (χ1v) is 6.64. The van der Waals surface area contributed by atoms with Crippen molar-refractivity contribution in [3.05, 3.63) is 40.5 Å². The van der Waals surface area contributed by atoms with Crippen LogP contribution in [0.5, 0.6) is 11.6 Å². The number of rotatable bonds is 3. The molecule has 0 amide bonds. The van der Waals surface area contributed by atoms with Gasteiger partial charge in [-0.15, -0.1) is 0 Å². The number of nitrogens with one attached hydrogen (secondary N) is 1. The van der Waals surface area contributed by atoms with E-state index >= 15 is 0 Å². The van der Waals surface area contributed by atoms with Gasteiger partial charge in [0, 0.05) is 7.05 Å². The summed E-state index contributed by atoms with van der Waals surface area (Å²) in [7, 11) is 1.75. The molecule has 1 aliphatic rings. The van der Waals surface area contributed by atoms with Gasteiger partial charge in [-0.05, 0) is 42.5 Å². The fraction of sp³-hybridized carbons (Fsp3) is 0.286. The number of halogens is 1. The Balaban J connectivity index is 1.88. The summed E-state index contributed by atoms with van der Waals surface area (Å²) in [5.74, 6) is 1.63. The SMILES string of the molecule is CNc1ncc(Cl)c(Oc2ccc3c(c2)CCC3)n1. The van der Waals surface area contributed by atoms with Crippen molar-refractivity contribution >= 4 is 17.5 Å². The van der Waals surface area contributed by atoms with Crippen molar-refractivity contribution in [3.8, 4) is 11.6 Å². The zero-order valence-corrected chi connectivity index (χ0v) is 11.4. The van der Waals surface area contributed by atoms with E-state index in [0.29, 0.717) is 16.9 Å². The second-order valence-electron chi connectivity index (χ2n) is 4.48. The molecule has 0 radical (unpaired) electrons. The summed E-state index contributed by atoms with van der Waals surface area (Å²) >= 11 is 6.04. The molecule has 1 aromatic heterocycles. The van der Waals surface area contributed by atoms with Crippen LogP contribution in [0.2, 0.25) is 5.02 Å². The summed E-state index contributed by atoms with van der Waals surface area (Å²) in [4.78, 5) is 8.23. The second-order valence-corrected chi connectivity index (χ2v) is 4.89. The van der Waals surface area contributed by atoms with Crippen LogP contribution < -0.4 is 10.1 Å². The number of fused-ring (bicyclic) bond motifs is 1. The van der Waals surface area contributed by atoms with Gasteiger partial charge in [0.25, 0.3) is 0 Å². The molecule has 0 fully saturated rings. The Morgan fingerprint density at radius 2 is 2.11 bits per heavy atom. The van der Waals surface area contributed by atoms with Gasteiger partial charge in [-0.3, -0.25) is 0 Å². The van der Waals surface area contributed by atoms with E-state index in [-0.39, 0.29) is 0 Å². The standard InChI is InChI=1S/C14H14ClN3O/c1-16-14-17-8-12(15)13(18-14)19-11-6-5-9-3-2-4-10(9)7-11/h5-8H,2-4H2,1H3,(H,16,17,18). The van der Waals surface area contributed by atoms with Crippen LogP contribution in [-0.4, -0.2) is 17.0 Å². The molecule has 0 unspecified atom stereocenters. The molecule has 0 bridgehead atoms. The van der Waals surface area contributed by atoms with Crippen molar-refractivity contribution in [2.45, 2.75) is 19.3 Å². The lowest BCUT2D eigenvalue weighted by atomic mass is 10.1. The van der Waals surface area contributed by atoms with Crippen molar-refractivity contribution in [1.82, 2.24) is 9.97 Å². The number of aryl methyl sites for hydroxylation is 2. The molecule has 0 atom stereocenters. The molecular weight excluding hydrogens is 262 g/mol. The second kappa shape index (κ2) is 5.05. The zero-order chi connectivity index (χ0) is 13.2. The van der Waals surface area contributed by atoms with E-state index in [1.54, 1.807) is 7.05 Å².